The molecule has 0 aromatic heterocycles. The van der Waals surface area contributed by atoms with Gasteiger partial charge in [-0.25, -0.2) is 0 Å². The van der Waals surface area contributed by atoms with Gasteiger partial charge >= 0.3 is 7.12 Å². The van der Waals surface area contributed by atoms with Crippen LogP contribution in [-0.4, -0.2) is 46.8 Å². The number of allylic oxidation sites excluding steroid dienone is 2. The minimum absolute atomic E-state index is 0.136. The molecule has 2 heterocycles. The van der Waals surface area contributed by atoms with E-state index in [0.717, 1.165) is 36.0 Å². The summed E-state index contributed by atoms with van der Waals surface area (Å²) in [5.74, 6) is -1.33. The quantitative estimate of drug-likeness (QED) is 0.163. The third-order valence-electron chi connectivity index (χ3n) is 8.92. The number of hydrogen-bond donors (Lipinski definition) is 3. The van der Waals surface area contributed by atoms with Crippen LogP contribution in [0.4, 0.5) is 5.69 Å². The number of amides is 2. The summed E-state index contributed by atoms with van der Waals surface area (Å²) in [6.07, 6.45) is 4.83. The van der Waals surface area contributed by atoms with Gasteiger partial charge in [0.15, 0.2) is 0 Å². The number of anilines is 1. The van der Waals surface area contributed by atoms with Crippen molar-refractivity contribution in [3.63, 3.8) is 0 Å². The number of phenolic OH excluding ortho intramolecular Hbond substituents is 1. The molecule has 2 aliphatic heterocycles. The van der Waals surface area contributed by atoms with E-state index in [9.17, 15) is 24.7 Å². The molecule has 7 nitrogen and oxygen atoms in total. The Kier molecular flexibility index (Phi) is 7.86. The zero-order valence-corrected chi connectivity index (χ0v) is 23.5. The number of rotatable bonds is 8. The number of benzene rings is 3. The zero-order chi connectivity index (χ0) is 29.4. The number of fused-ring (bicyclic) bond motifs is 3. The monoisotopic (exact) mass is 563 g/mol. The van der Waals surface area contributed by atoms with Crippen molar-refractivity contribution in [2.75, 3.05) is 11.5 Å². The summed E-state index contributed by atoms with van der Waals surface area (Å²) in [5.41, 5.74) is 6.26. The van der Waals surface area contributed by atoms with Gasteiger partial charge in [-0.15, -0.1) is 0 Å². The normalized spacial score (nSPS) is 23.8. The molecule has 3 aromatic rings. The van der Waals surface area contributed by atoms with Gasteiger partial charge < -0.3 is 19.9 Å². The van der Waals surface area contributed by atoms with Crippen molar-refractivity contribution in [3.05, 3.63) is 101 Å². The predicted octanol–water partition coefficient (Wildman–Crippen LogP) is 4.32. The first-order valence-electron chi connectivity index (χ1n) is 14.6. The van der Waals surface area contributed by atoms with E-state index in [0.29, 0.717) is 18.7 Å². The van der Waals surface area contributed by atoms with Crippen LogP contribution in [0.3, 0.4) is 0 Å². The Morgan fingerprint density at radius 3 is 2.45 bits per heavy atom. The molecule has 0 radical (unpaired) electrons. The van der Waals surface area contributed by atoms with Gasteiger partial charge in [-0.05, 0) is 77.7 Å². The van der Waals surface area contributed by atoms with Crippen molar-refractivity contribution in [2.24, 2.45) is 17.8 Å². The summed E-state index contributed by atoms with van der Waals surface area (Å²) in [6.45, 7) is 2.50. The third kappa shape index (κ3) is 5.22. The summed E-state index contributed by atoms with van der Waals surface area (Å²) in [7, 11) is -1.69. The Hall–Kier alpha value is -3.98. The third-order valence-corrected chi connectivity index (χ3v) is 8.92. The number of phenols is 1. The summed E-state index contributed by atoms with van der Waals surface area (Å²) >= 11 is 0. The van der Waals surface area contributed by atoms with Gasteiger partial charge in [0.25, 0.3) is 0 Å². The van der Waals surface area contributed by atoms with Crippen molar-refractivity contribution in [3.8, 4) is 5.75 Å². The first-order valence-corrected chi connectivity index (χ1v) is 14.6. The Bertz CT molecular complexity index is 1550. The molecule has 0 unspecified atom stereocenters. The van der Waals surface area contributed by atoms with E-state index >= 15 is 0 Å². The Labute approximate surface area is 245 Å². The number of aromatic hydroxyl groups is 1. The van der Waals surface area contributed by atoms with Crippen molar-refractivity contribution in [1.29, 1.82) is 0 Å². The van der Waals surface area contributed by atoms with Crippen LogP contribution in [0, 0.1) is 17.8 Å². The second kappa shape index (κ2) is 11.7. The number of carbonyl (C=O) groups excluding carboxylic acids is 2. The van der Waals surface area contributed by atoms with Crippen molar-refractivity contribution < 1.29 is 29.5 Å². The molecule has 0 bridgehead atoms. The highest BCUT2D eigenvalue weighted by Gasteiger charge is 2.57. The molecule has 42 heavy (non-hydrogen) atoms. The van der Waals surface area contributed by atoms with Crippen molar-refractivity contribution in [1.82, 2.24) is 0 Å². The molecule has 214 valence electrons. The lowest BCUT2D eigenvalue weighted by atomic mass is 9.69. The molecule has 3 aliphatic rings. The molecule has 3 aromatic carbocycles. The maximum absolute atomic E-state index is 13.8. The number of carbonyl (C=O) groups is 2. The Morgan fingerprint density at radius 2 is 1.74 bits per heavy atom. The first kappa shape index (κ1) is 28.2. The molecule has 2 saturated heterocycles. The molecule has 6 rings (SSSR count). The second-order valence-electron chi connectivity index (χ2n) is 11.3. The SMILES string of the molecule is CCC1=C2[C@@H](CC/C(=C/c3ccc(O)cc3)c3ccccc3)OC[C@@H]2[C@@H]2C(=O)N(c3cccc(B(O)O)c3)C(=O)[C@@H]2C1. The van der Waals surface area contributed by atoms with Crippen LogP contribution < -0.4 is 10.4 Å². The van der Waals surface area contributed by atoms with Gasteiger partial charge in [0, 0.05) is 5.92 Å². The number of hydrogen-bond acceptors (Lipinski definition) is 6. The fourth-order valence-electron chi connectivity index (χ4n) is 6.90. The van der Waals surface area contributed by atoms with Gasteiger partial charge in [0.05, 0.1) is 30.2 Å². The zero-order valence-electron chi connectivity index (χ0n) is 23.5. The molecule has 2 fully saturated rings. The lowest BCUT2D eigenvalue weighted by Crippen LogP contribution is -2.35. The van der Waals surface area contributed by atoms with E-state index in [1.165, 1.54) is 22.1 Å². The van der Waals surface area contributed by atoms with Crippen molar-refractivity contribution >= 4 is 41.7 Å². The standard InChI is InChI=1S/C34H34BNO6/c1-2-22-18-28-32(34(39)36(33(28)38)26-10-6-9-25(19-26)35(40)41)29-20-42-30(31(22)29)16-13-24(23-7-4-3-5-8-23)17-21-11-14-27(37)15-12-21/h3-12,14-15,17,19,28-30,32,37,40-41H,2,13,16,18,20H2,1H3/b24-17-/t28-,29+,30-,32-/m1/s1. The lowest BCUT2D eigenvalue weighted by molar-refractivity contribution is -0.122. The van der Waals surface area contributed by atoms with Crippen molar-refractivity contribution in [2.45, 2.75) is 38.7 Å². The van der Waals surface area contributed by atoms with E-state index in [1.807, 2.05) is 30.3 Å². The minimum atomic E-state index is -1.69. The number of ether oxygens (including phenoxy) is 1. The van der Waals surface area contributed by atoms with E-state index in [-0.39, 0.29) is 35.0 Å². The van der Waals surface area contributed by atoms with Crippen LogP contribution >= 0.6 is 0 Å². The van der Waals surface area contributed by atoms with Crippen LogP contribution in [0.25, 0.3) is 11.6 Å². The maximum Gasteiger partial charge on any atom is 0.488 e. The molecule has 8 heteroatoms. The van der Waals surface area contributed by atoms with E-state index < -0.39 is 19.0 Å². The summed E-state index contributed by atoms with van der Waals surface area (Å²) in [4.78, 5) is 28.7. The summed E-state index contributed by atoms with van der Waals surface area (Å²) < 4.78 is 6.40. The molecule has 2 amide bonds. The van der Waals surface area contributed by atoms with Crippen LogP contribution in [0.1, 0.15) is 43.7 Å². The van der Waals surface area contributed by atoms with Crippen LogP contribution in [0.2, 0.25) is 0 Å². The lowest BCUT2D eigenvalue weighted by Gasteiger charge is -2.31. The maximum atomic E-state index is 13.8. The average Bonchev–Trinajstić information content (AvgIpc) is 3.54. The molecule has 0 saturated carbocycles. The Balaban J connectivity index is 1.26. The topological polar surface area (TPSA) is 107 Å². The van der Waals surface area contributed by atoms with Crippen LogP contribution in [0.15, 0.2) is 90.0 Å². The minimum Gasteiger partial charge on any atom is -0.508 e. The largest absolute Gasteiger partial charge is 0.508 e. The van der Waals surface area contributed by atoms with E-state index in [1.54, 1.807) is 30.3 Å². The molecular formula is C34H34BNO6. The van der Waals surface area contributed by atoms with Gasteiger partial charge in [-0.1, -0.05) is 73.2 Å². The molecule has 4 atom stereocenters. The second-order valence-corrected chi connectivity index (χ2v) is 11.3. The Morgan fingerprint density at radius 1 is 0.976 bits per heavy atom. The molecule has 0 spiro atoms. The number of imide groups is 1. The van der Waals surface area contributed by atoms with E-state index in [2.05, 4.69) is 25.1 Å². The molecule has 3 N–H and O–H groups in total. The van der Waals surface area contributed by atoms with Crippen LogP contribution in [0.5, 0.6) is 5.75 Å². The smallest absolute Gasteiger partial charge is 0.488 e. The predicted molar refractivity (Wildman–Crippen MR) is 163 cm³/mol. The van der Waals surface area contributed by atoms with Crippen LogP contribution in [-0.2, 0) is 14.3 Å². The summed E-state index contributed by atoms with van der Waals surface area (Å²) in [5, 5.41) is 29.0. The van der Waals surface area contributed by atoms with Gasteiger partial charge in [0.1, 0.15) is 5.75 Å². The highest BCUT2D eigenvalue weighted by Crippen LogP contribution is 2.51. The highest BCUT2D eigenvalue weighted by molar-refractivity contribution is 6.58. The van der Waals surface area contributed by atoms with Gasteiger partial charge in [0.2, 0.25) is 11.8 Å². The fraction of sp³-hybridized carbons (Fsp3) is 0.294. The highest BCUT2D eigenvalue weighted by atomic mass is 16.5. The molecular weight excluding hydrogens is 529 g/mol. The van der Waals surface area contributed by atoms with Gasteiger partial charge in [-0.3, -0.25) is 14.5 Å². The number of nitrogens with zero attached hydrogens (tertiary/aromatic N) is 1. The van der Waals surface area contributed by atoms with E-state index in [4.69, 9.17) is 4.74 Å². The summed E-state index contributed by atoms with van der Waals surface area (Å²) in [6, 6.07) is 23.7. The first-order chi connectivity index (χ1) is 20.4. The average molecular weight is 563 g/mol. The fourth-order valence-corrected chi connectivity index (χ4v) is 6.90. The molecule has 1 aliphatic carbocycles. The van der Waals surface area contributed by atoms with Gasteiger partial charge in [-0.2, -0.15) is 0 Å².